The van der Waals surface area contributed by atoms with Crippen LogP contribution in [0.2, 0.25) is 0 Å². The molecule has 1 amide bonds. The Morgan fingerprint density at radius 1 is 1.17 bits per heavy atom. The van der Waals surface area contributed by atoms with Crippen LogP contribution in [0.4, 0.5) is 0 Å². The lowest BCUT2D eigenvalue weighted by atomic mass is 9.88. The molecule has 3 rings (SSSR count). The third-order valence-corrected chi connectivity index (χ3v) is 6.48. The summed E-state index contributed by atoms with van der Waals surface area (Å²) in [4.78, 5) is 18.4. The molecule has 2 heterocycles. The van der Waals surface area contributed by atoms with E-state index in [9.17, 15) is 4.79 Å². The molecule has 29 heavy (non-hydrogen) atoms. The average Bonchev–Trinajstić information content (AvgIpc) is 3.36. The van der Waals surface area contributed by atoms with Crippen molar-refractivity contribution >= 4 is 17.2 Å². The number of carbonyl (C=O) groups excluding carboxylic acids is 1. The summed E-state index contributed by atoms with van der Waals surface area (Å²) in [6.45, 7) is 7.07. The smallest absolute Gasteiger partial charge is 0.248 e. The molecule has 5 nitrogen and oxygen atoms in total. The second kappa shape index (κ2) is 10.9. The zero-order chi connectivity index (χ0) is 20.6. The minimum absolute atomic E-state index is 0.0314. The summed E-state index contributed by atoms with van der Waals surface area (Å²) < 4.78 is 10.3. The molecule has 1 aromatic carbocycles. The molecule has 1 fully saturated rings. The highest BCUT2D eigenvalue weighted by Crippen LogP contribution is 2.34. The van der Waals surface area contributed by atoms with Gasteiger partial charge in [-0.25, -0.2) is 0 Å². The van der Waals surface area contributed by atoms with Crippen LogP contribution in [-0.2, 0) is 20.8 Å². The molecule has 158 valence electrons. The lowest BCUT2D eigenvalue weighted by Gasteiger charge is -2.28. The standard InChI is InChI=1S/C23H32N2O3S/c1-18-6-8-19(9-7-18)22-16-24(15-21-5-4-12-29-21)13-20(22)14-25(10-11-27-2)23(26)17-28-3/h4-9,12,20,22H,10-11,13-17H2,1-3H3/t20-,22-/m1/s1. The second-order valence-corrected chi connectivity index (χ2v) is 8.85. The number of hydrogen-bond acceptors (Lipinski definition) is 5. The van der Waals surface area contributed by atoms with Gasteiger partial charge in [-0.1, -0.05) is 35.9 Å². The summed E-state index contributed by atoms with van der Waals surface area (Å²) in [7, 11) is 3.24. The molecule has 0 bridgehead atoms. The highest BCUT2D eigenvalue weighted by Gasteiger charge is 2.35. The molecule has 2 aromatic rings. The number of thiophene rings is 1. The summed E-state index contributed by atoms with van der Waals surface area (Å²) in [5, 5.41) is 2.14. The maximum absolute atomic E-state index is 12.6. The van der Waals surface area contributed by atoms with Crippen molar-refractivity contribution in [1.29, 1.82) is 0 Å². The molecular weight excluding hydrogens is 384 g/mol. The molecule has 1 aliphatic heterocycles. The second-order valence-electron chi connectivity index (χ2n) is 7.82. The first-order valence-corrected chi connectivity index (χ1v) is 11.1. The number of ether oxygens (including phenoxy) is 2. The highest BCUT2D eigenvalue weighted by atomic mass is 32.1. The van der Waals surface area contributed by atoms with Crippen LogP contribution in [0, 0.1) is 12.8 Å². The topological polar surface area (TPSA) is 42.0 Å². The molecule has 0 aliphatic carbocycles. The van der Waals surface area contributed by atoms with Gasteiger partial charge in [0.25, 0.3) is 0 Å². The third kappa shape index (κ3) is 6.12. The molecule has 0 radical (unpaired) electrons. The van der Waals surface area contributed by atoms with Crippen molar-refractivity contribution in [3.8, 4) is 0 Å². The predicted octanol–water partition coefficient (Wildman–Crippen LogP) is 3.39. The van der Waals surface area contributed by atoms with Crippen molar-refractivity contribution in [1.82, 2.24) is 9.80 Å². The average molecular weight is 417 g/mol. The maximum atomic E-state index is 12.6. The van der Waals surface area contributed by atoms with E-state index in [2.05, 4.69) is 53.6 Å². The van der Waals surface area contributed by atoms with Gasteiger partial charge in [-0.2, -0.15) is 0 Å². The van der Waals surface area contributed by atoms with Crippen molar-refractivity contribution < 1.29 is 14.3 Å². The Balaban J connectivity index is 1.76. The van der Waals surface area contributed by atoms with Crippen LogP contribution < -0.4 is 0 Å². The monoisotopic (exact) mass is 416 g/mol. The Bertz CT molecular complexity index is 748. The van der Waals surface area contributed by atoms with E-state index in [-0.39, 0.29) is 12.5 Å². The number of hydrogen-bond donors (Lipinski definition) is 0. The van der Waals surface area contributed by atoms with Gasteiger partial charge in [-0.3, -0.25) is 9.69 Å². The normalized spacial score (nSPS) is 19.6. The molecule has 6 heteroatoms. The lowest BCUT2D eigenvalue weighted by molar-refractivity contribution is -0.136. The van der Waals surface area contributed by atoms with Crippen molar-refractivity contribution in [2.45, 2.75) is 19.4 Å². The number of methoxy groups -OCH3 is 2. The van der Waals surface area contributed by atoms with Gasteiger partial charge in [0.05, 0.1) is 6.61 Å². The van der Waals surface area contributed by atoms with E-state index in [1.54, 1.807) is 14.2 Å². The summed E-state index contributed by atoms with van der Waals surface area (Å²) in [5.74, 6) is 0.829. The molecule has 2 atom stereocenters. The van der Waals surface area contributed by atoms with Gasteiger partial charge >= 0.3 is 0 Å². The van der Waals surface area contributed by atoms with E-state index in [0.717, 1.165) is 26.2 Å². The number of benzene rings is 1. The number of amides is 1. The first-order chi connectivity index (χ1) is 14.1. The Kier molecular flexibility index (Phi) is 8.24. The summed E-state index contributed by atoms with van der Waals surface area (Å²) >= 11 is 1.81. The van der Waals surface area contributed by atoms with Gasteiger partial charge in [0.1, 0.15) is 6.61 Å². The summed E-state index contributed by atoms with van der Waals surface area (Å²) in [5.41, 5.74) is 2.64. The Morgan fingerprint density at radius 3 is 2.62 bits per heavy atom. The largest absolute Gasteiger partial charge is 0.383 e. The van der Waals surface area contributed by atoms with Crippen LogP contribution in [0.1, 0.15) is 21.9 Å². The van der Waals surface area contributed by atoms with Crippen LogP contribution >= 0.6 is 11.3 Å². The highest BCUT2D eigenvalue weighted by molar-refractivity contribution is 7.09. The van der Waals surface area contributed by atoms with Crippen molar-refractivity contribution in [3.63, 3.8) is 0 Å². The minimum atomic E-state index is 0.0314. The first-order valence-electron chi connectivity index (χ1n) is 10.2. The Morgan fingerprint density at radius 2 is 1.97 bits per heavy atom. The van der Waals surface area contributed by atoms with E-state index in [0.29, 0.717) is 25.0 Å². The fraction of sp³-hybridized carbons (Fsp3) is 0.522. The fourth-order valence-corrected chi connectivity index (χ4v) is 4.85. The molecule has 0 unspecified atom stereocenters. The van der Waals surface area contributed by atoms with E-state index in [4.69, 9.17) is 9.47 Å². The molecule has 0 spiro atoms. The maximum Gasteiger partial charge on any atom is 0.248 e. The van der Waals surface area contributed by atoms with E-state index >= 15 is 0 Å². The minimum Gasteiger partial charge on any atom is -0.383 e. The molecule has 0 saturated carbocycles. The van der Waals surface area contributed by atoms with Gasteiger partial charge in [0.15, 0.2) is 0 Å². The molecule has 0 N–H and O–H groups in total. The quantitative estimate of drug-likeness (QED) is 0.595. The van der Waals surface area contributed by atoms with Crippen LogP contribution in [0.15, 0.2) is 41.8 Å². The van der Waals surface area contributed by atoms with Gasteiger partial charge < -0.3 is 14.4 Å². The van der Waals surface area contributed by atoms with E-state index < -0.39 is 0 Å². The van der Waals surface area contributed by atoms with Crippen LogP contribution in [0.5, 0.6) is 0 Å². The fourth-order valence-electron chi connectivity index (χ4n) is 4.11. The number of carbonyl (C=O) groups is 1. The zero-order valence-corrected chi connectivity index (χ0v) is 18.5. The molecular formula is C23H32N2O3S. The molecule has 1 aliphatic rings. The molecule has 1 aromatic heterocycles. The van der Waals surface area contributed by atoms with Crippen molar-refractivity contribution in [2.75, 3.05) is 53.6 Å². The predicted molar refractivity (Wildman–Crippen MR) is 117 cm³/mol. The Hall–Kier alpha value is -1.73. The molecule has 1 saturated heterocycles. The summed E-state index contributed by atoms with van der Waals surface area (Å²) in [6.07, 6.45) is 0. The zero-order valence-electron chi connectivity index (χ0n) is 17.7. The third-order valence-electron chi connectivity index (χ3n) is 5.62. The number of rotatable bonds is 10. The first kappa shape index (κ1) is 22.0. The lowest BCUT2D eigenvalue weighted by Crippen LogP contribution is -2.41. The SMILES string of the molecule is COCCN(C[C@H]1CN(Cc2cccs2)C[C@@H]1c1ccc(C)cc1)C(=O)COC. The number of nitrogens with zero attached hydrogens (tertiary/aromatic N) is 2. The van der Waals surface area contributed by atoms with E-state index in [1.807, 2.05) is 16.2 Å². The summed E-state index contributed by atoms with van der Waals surface area (Å²) in [6, 6.07) is 13.2. The van der Waals surface area contributed by atoms with Crippen molar-refractivity contribution in [3.05, 3.63) is 57.8 Å². The van der Waals surface area contributed by atoms with E-state index in [1.165, 1.54) is 16.0 Å². The number of aryl methyl sites for hydroxylation is 1. The van der Waals surface area contributed by atoms with Gasteiger partial charge in [0.2, 0.25) is 5.91 Å². The van der Waals surface area contributed by atoms with Gasteiger partial charge in [-0.05, 0) is 29.9 Å². The number of likely N-dealkylation sites (tertiary alicyclic amines) is 1. The Labute approximate surface area is 178 Å². The van der Waals surface area contributed by atoms with Crippen LogP contribution in [-0.4, -0.2) is 69.3 Å². The van der Waals surface area contributed by atoms with Crippen LogP contribution in [0.25, 0.3) is 0 Å². The van der Waals surface area contributed by atoms with Gasteiger partial charge in [0, 0.05) is 57.7 Å². The van der Waals surface area contributed by atoms with Crippen LogP contribution in [0.3, 0.4) is 0 Å². The van der Waals surface area contributed by atoms with Crippen molar-refractivity contribution in [2.24, 2.45) is 5.92 Å². The van der Waals surface area contributed by atoms with Gasteiger partial charge in [-0.15, -0.1) is 11.3 Å².